The largest absolute Gasteiger partial charge is 0.480 e. The number of carbonyl (C=O) groups is 1. The minimum atomic E-state index is -1.15. The lowest BCUT2D eigenvalue weighted by Gasteiger charge is -2.26. The van der Waals surface area contributed by atoms with Gasteiger partial charge in [-0.3, -0.25) is 5.32 Å². The third-order valence-corrected chi connectivity index (χ3v) is 3.13. The van der Waals surface area contributed by atoms with Crippen LogP contribution in [0.1, 0.15) is 37.8 Å². The number of carboxylic acid groups (broad SMARTS) is 1. The van der Waals surface area contributed by atoms with Crippen LogP contribution in [0.25, 0.3) is 0 Å². The summed E-state index contributed by atoms with van der Waals surface area (Å²) < 4.78 is 0. The highest BCUT2D eigenvalue weighted by Crippen LogP contribution is 2.23. The van der Waals surface area contributed by atoms with Crippen LogP contribution in [0.5, 0.6) is 0 Å². The molecule has 0 heterocycles. The summed E-state index contributed by atoms with van der Waals surface area (Å²) in [6.07, 6.45) is 5.17. The van der Waals surface area contributed by atoms with Gasteiger partial charge < -0.3 is 5.11 Å². The molecule has 0 fully saturated rings. The summed E-state index contributed by atoms with van der Waals surface area (Å²) in [6, 6.07) is 7.59. The van der Waals surface area contributed by atoms with Crippen LogP contribution in [0.4, 0.5) is 0 Å². The zero-order chi connectivity index (χ0) is 13.8. The Morgan fingerprint density at radius 3 is 2.39 bits per heavy atom. The summed E-state index contributed by atoms with van der Waals surface area (Å²) in [6.45, 7) is 6.04. The van der Waals surface area contributed by atoms with Crippen LogP contribution >= 0.6 is 0 Å². The molecule has 0 radical (unpaired) electrons. The summed E-state index contributed by atoms with van der Waals surface area (Å²) in [5.74, 6) is 1.89. The summed E-state index contributed by atoms with van der Waals surface area (Å²) in [4.78, 5) is 11.4. The summed E-state index contributed by atoms with van der Waals surface area (Å²) in [5, 5.41) is 12.2. The van der Waals surface area contributed by atoms with Crippen LogP contribution in [0, 0.1) is 12.3 Å². The maximum atomic E-state index is 11.4. The van der Waals surface area contributed by atoms with E-state index in [1.54, 1.807) is 6.92 Å². The van der Waals surface area contributed by atoms with E-state index in [2.05, 4.69) is 25.1 Å². The number of nitrogens with one attached hydrogen (secondary N) is 1. The standard InChI is InChI=1S/C15H19NO2/c1-5-10-16-15(4,14(17)18)13-8-6-12(7-9-13)11(2)3/h1,6-9,11,16H,10H2,2-4H3,(H,17,18). The topological polar surface area (TPSA) is 49.3 Å². The second-order valence-corrected chi connectivity index (χ2v) is 4.76. The molecule has 0 saturated carbocycles. The molecule has 0 amide bonds. The van der Waals surface area contributed by atoms with Gasteiger partial charge in [0.05, 0.1) is 6.54 Å². The molecule has 18 heavy (non-hydrogen) atoms. The molecule has 0 aliphatic rings. The SMILES string of the molecule is C#CCNC(C)(C(=O)O)c1ccc(C(C)C)cc1. The summed E-state index contributed by atoms with van der Waals surface area (Å²) >= 11 is 0. The van der Waals surface area contributed by atoms with E-state index in [1.807, 2.05) is 24.3 Å². The van der Waals surface area contributed by atoms with E-state index in [9.17, 15) is 9.90 Å². The number of aliphatic carboxylic acids is 1. The highest BCUT2D eigenvalue weighted by atomic mass is 16.4. The minimum Gasteiger partial charge on any atom is -0.480 e. The van der Waals surface area contributed by atoms with Gasteiger partial charge >= 0.3 is 5.97 Å². The molecule has 96 valence electrons. The van der Waals surface area contributed by atoms with Crippen molar-refractivity contribution >= 4 is 5.97 Å². The first-order chi connectivity index (χ1) is 8.41. The van der Waals surface area contributed by atoms with Gasteiger partial charge in [0.15, 0.2) is 0 Å². The highest BCUT2D eigenvalue weighted by Gasteiger charge is 2.34. The highest BCUT2D eigenvalue weighted by molar-refractivity contribution is 5.80. The molecule has 0 saturated heterocycles. The average molecular weight is 245 g/mol. The van der Waals surface area contributed by atoms with Gasteiger partial charge in [0.25, 0.3) is 0 Å². The Balaban J connectivity index is 3.07. The molecule has 2 N–H and O–H groups in total. The van der Waals surface area contributed by atoms with E-state index in [0.29, 0.717) is 11.5 Å². The molecule has 0 aliphatic heterocycles. The smallest absolute Gasteiger partial charge is 0.328 e. The quantitative estimate of drug-likeness (QED) is 0.783. The van der Waals surface area contributed by atoms with Crippen molar-refractivity contribution in [3.05, 3.63) is 35.4 Å². The van der Waals surface area contributed by atoms with Gasteiger partial charge in [-0.25, -0.2) is 4.79 Å². The number of rotatable bonds is 5. The monoisotopic (exact) mass is 245 g/mol. The van der Waals surface area contributed by atoms with Gasteiger partial charge in [0, 0.05) is 0 Å². The Hall–Kier alpha value is -1.79. The van der Waals surface area contributed by atoms with Crippen LogP contribution in [0.3, 0.4) is 0 Å². The van der Waals surface area contributed by atoms with Gasteiger partial charge in [-0.2, -0.15) is 0 Å². The normalized spacial score (nSPS) is 13.9. The number of terminal acetylenes is 1. The van der Waals surface area contributed by atoms with Crippen LogP contribution in [0.15, 0.2) is 24.3 Å². The van der Waals surface area contributed by atoms with E-state index in [0.717, 1.165) is 0 Å². The van der Waals surface area contributed by atoms with Crippen LogP contribution in [-0.4, -0.2) is 17.6 Å². The predicted octanol–water partition coefficient (Wildman–Crippen LogP) is 2.33. The molecule has 1 aromatic rings. The molecule has 0 aromatic heterocycles. The Morgan fingerprint density at radius 1 is 1.44 bits per heavy atom. The molecule has 0 bridgehead atoms. The third-order valence-electron chi connectivity index (χ3n) is 3.13. The van der Waals surface area contributed by atoms with Gasteiger partial charge in [-0.15, -0.1) is 6.42 Å². The Labute approximate surface area is 108 Å². The van der Waals surface area contributed by atoms with Crippen molar-refractivity contribution in [1.82, 2.24) is 5.32 Å². The number of hydrogen-bond acceptors (Lipinski definition) is 2. The molecule has 1 rings (SSSR count). The van der Waals surface area contributed by atoms with Gasteiger partial charge in [-0.05, 0) is 24.0 Å². The average Bonchev–Trinajstić information content (AvgIpc) is 2.35. The molecular weight excluding hydrogens is 226 g/mol. The first kappa shape index (κ1) is 14.3. The van der Waals surface area contributed by atoms with Crippen LogP contribution in [-0.2, 0) is 10.3 Å². The molecule has 3 nitrogen and oxygen atoms in total. The van der Waals surface area contributed by atoms with E-state index < -0.39 is 11.5 Å². The lowest BCUT2D eigenvalue weighted by molar-refractivity contribution is -0.144. The van der Waals surface area contributed by atoms with Crippen LogP contribution < -0.4 is 5.32 Å². The fourth-order valence-corrected chi connectivity index (χ4v) is 1.73. The van der Waals surface area contributed by atoms with Gasteiger partial charge in [0.1, 0.15) is 5.54 Å². The van der Waals surface area contributed by atoms with Gasteiger partial charge in [-0.1, -0.05) is 44.0 Å². The minimum absolute atomic E-state index is 0.217. The zero-order valence-electron chi connectivity index (χ0n) is 11.0. The molecular formula is C15H19NO2. The van der Waals surface area contributed by atoms with Crippen molar-refractivity contribution in [2.45, 2.75) is 32.2 Å². The van der Waals surface area contributed by atoms with Gasteiger partial charge in [0.2, 0.25) is 0 Å². The van der Waals surface area contributed by atoms with E-state index in [4.69, 9.17) is 6.42 Å². The zero-order valence-corrected chi connectivity index (χ0v) is 11.0. The van der Waals surface area contributed by atoms with Crippen molar-refractivity contribution in [2.75, 3.05) is 6.54 Å². The molecule has 1 unspecified atom stereocenters. The lowest BCUT2D eigenvalue weighted by atomic mass is 9.90. The fraction of sp³-hybridized carbons (Fsp3) is 0.400. The second kappa shape index (κ2) is 5.70. The van der Waals surface area contributed by atoms with E-state index >= 15 is 0 Å². The van der Waals surface area contributed by atoms with Crippen molar-refractivity contribution in [3.63, 3.8) is 0 Å². The summed E-state index contributed by atoms with van der Waals surface area (Å²) in [7, 11) is 0. The first-order valence-corrected chi connectivity index (χ1v) is 5.94. The van der Waals surface area contributed by atoms with Crippen molar-refractivity contribution in [1.29, 1.82) is 0 Å². The summed E-state index contributed by atoms with van der Waals surface area (Å²) in [5.41, 5.74) is 0.736. The maximum absolute atomic E-state index is 11.4. The van der Waals surface area contributed by atoms with Crippen molar-refractivity contribution in [2.24, 2.45) is 0 Å². The maximum Gasteiger partial charge on any atom is 0.328 e. The molecule has 3 heteroatoms. The molecule has 0 spiro atoms. The van der Waals surface area contributed by atoms with Crippen molar-refractivity contribution in [3.8, 4) is 12.3 Å². The predicted molar refractivity (Wildman–Crippen MR) is 72.4 cm³/mol. The van der Waals surface area contributed by atoms with E-state index in [1.165, 1.54) is 5.56 Å². The molecule has 1 aromatic carbocycles. The molecule has 0 aliphatic carbocycles. The number of hydrogen-bond donors (Lipinski definition) is 2. The number of benzene rings is 1. The van der Waals surface area contributed by atoms with Crippen molar-refractivity contribution < 1.29 is 9.90 Å². The third kappa shape index (κ3) is 2.91. The van der Waals surface area contributed by atoms with Crippen LogP contribution in [0.2, 0.25) is 0 Å². The fourth-order valence-electron chi connectivity index (χ4n) is 1.73. The Morgan fingerprint density at radius 2 is 2.00 bits per heavy atom. The second-order valence-electron chi connectivity index (χ2n) is 4.76. The first-order valence-electron chi connectivity index (χ1n) is 5.94. The Bertz CT molecular complexity index is 456. The molecule has 1 atom stereocenters. The van der Waals surface area contributed by atoms with E-state index in [-0.39, 0.29) is 6.54 Å². The number of carboxylic acids is 1. The lowest BCUT2D eigenvalue weighted by Crippen LogP contribution is -2.46. The Kier molecular flexibility index (Phi) is 4.52.